The normalized spacial score (nSPS) is 14.0. The molecule has 0 radical (unpaired) electrons. The first kappa shape index (κ1) is 56.0. The van der Waals surface area contributed by atoms with Gasteiger partial charge in [-0.25, -0.2) is 0 Å². The summed E-state index contributed by atoms with van der Waals surface area (Å²) in [5.41, 5.74) is 0. The first-order chi connectivity index (χ1) is 28.0. The second kappa shape index (κ2) is 46.1. The Kier molecular flexibility index (Phi) is 45.4. The van der Waals surface area contributed by atoms with Crippen LogP contribution in [0.1, 0.15) is 277 Å². The van der Waals surface area contributed by atoms with Crippen molar-refractivity contribution in [1.82, 2.24) is 5.32 Å². The fourth-order valence-corrected chi connectivity index (χ4v) is 8.17. The lowest BCUT2D eigenvalue weighted by molar-refractivity contribution is -0.132. The standard InChI is InChI=1S/C51H101NO5/c1-3-5-7-9-11-13-15-17-19-21-22-23-24-25-26-27-28-29-31-33-35-37-39-41-43-45-49(55)51(57)52-47(46-53)50(56)48(54)44-42-40-38-36-34-32-30-20-18-16-14-12-10-8-6-4-2/h36,38,47-50,53-56H,3-35,37,39-46H2,1-2H3,(H,52,57)/b38-36+. The number of carbonyl (C=O) groups excluding carboxylic acids is 1. The van der Waals surface area contributed by atoms with Gasteiger partial charge in [-0.05, 0) is 38.5 Å². The van der Waals surface area contributed by atoms with Gasteiger partial charge >= 0.3 is 0 Å². The third kappa shape index (κ3) is 40.2. The van der Waals surface area contributed by atoms with Crippen LogP contribution in [0, 0.1) is 0 Å². The summed E-state index contributed by atoms with van der Waals surface area (Å²) in [6.45, 7) is 4.07. The molecular formula is C51H101NO5. The molecule has 0 aliphatic rings. The van der Waals surface area contributed by atoms with Gasteiger partial charge in [0.05, 0.1) is 18.8 Å². The van der Waals surface area contributed by atoms with E-state index < -0.39 is 36.9 Å². The highest BCUT2D eigenvalue weighted by Gasteiger charge is 2.28. The molecule has 0 aromatic heterocycles. The molecule has 57 heavy (non-hydrogen) atoms. The van der Waals surface area contributed by atoms with Gasteiger partial charge in [-0.2, -0.15) is 0 Å². The topological polar surface area (TPSA) is 110 Å². The summed E-state index contributed by atoms with van der Waals surface area (Å²) in [5.74, 6) is -0.588. The summed E-state index contributed by atoms with van der Waals surface area (Å²) in [4.78, 5) is 12.5. The van der Waals surface area contributed by atoms with Crippen LogP contribution in [-0.2, 0) is 4.79 Å². The van der Waals surface area contributed by atoms with E-state index in [0.29, 0.717) is 12.8 Å². The average molecular weight is 808 g/mol. The zero-order valence-corrected chi connectivity index (χ0v) is 38.4. The van der Waals surface area contributed by atoms with E-state index in [-0.39, 0.29) is 0 Å². The van der Waals surface area contributed by atoms with Crippen molar-refractivity contribution in [3.8, 4) is 0 Å². The van der Waals surface area contributed by atoms with Crippen molar-refractivity contribution in [1.29, 1.82) is 0 Å². The molecular weight excluding hydrogens is 707 g/mol. The van der Waals surface area contributed by atoms with Crippen molar-refractivity contribution in [3.05, 3.63) is 12.2 Å². The molecule has 0 spiro atoms. The van der Waals surface area contributed by atoms with E-state index in [1.165, 1.54) is 212 Å². The van der Waals surface area contributed by atoms with E-state index >= 15 is 0 Å². The van der Waals surface area contributed by atoms with Gasteiger partial charge in [-0.15, -0.1) is 0 Å². The fraction of sp³-hybridized carbons (Fsp3) is 0.941. The van der Waals surface area contributed by atoms with Crippen molar-refractivity contribution >= 4 is 5.91 Å². The van der Waals surface area contributed by atoms with Gasteiger partial charge in [0.1, 0.15) is 12.2 Å². The number of carbonyl (C=O) groups is 1. The van der Waals surface area contributed by atoms with Crippen LogP contribution >= 0.6 is 0 Å². The zero-order chi connectivity index (χ0) is 41.7. The predicted molar refractivity (Wildman–Crippen MR) is 247 cm³/mol. The van der Waals surface area contributed by atoms with Crippen LogP contribution in [0.5, 0.6) is 0 Å². The third-order valence-corrected chi connectivity index (χ3v) is 12.2. The molecule has 6 nitrogen and oxygen atoms in total. The number of unbranched alkanes of at least 4 members (excludes halogenated alkanes) is 36. The number of allylic oxidation sites excluding steroid dienone is 2. The molecule has 0 aliphatic heterocycles. The molecule has 4 atom stereocenters. The smallest absolute Gasteiger partial charge is 0.249 e. The summed E-state index contributed by atoms with van der Waals surface area (Å²) in [5, 5.41) is 43.8. The third-order valence-electron chi connectivity index (χ3n) is 12.2. The van der Waals surface area contributed by atoms with Crippen LogP contribution in [0.25, 0.3) is 0 Å². The maximum Gasteiger partial charge on any atom is 0.249 e. The first-order valence-electron chi connectivity index (χ1n) is 25.6. The minimum atomic E-state index is -1.28. The number of aliphatic hydroxyl groups excluding tert-OH is 4. The maximum atomic E-state index is 12.5. The van der Waals surface area contributed by atoms with Crippen LogP contribution < -0.4 is 5.32 Å². The average Bonchev–Trinajstić information content (AvgIpc) is 3.22. The first-order valence-corrected chi connectivity index (χ1v) is 25.6. The van der Waals surface area contributed by atoms with Gasteiger partial charge in [-0.1, -0.05) is 251 Å². The molecule has 340 valence electrons. The lowest BCUT2D eigenvalue weighted by Gasteiger charge is -2.27. The summed E-state index contributed by atoms with van der Waals surface area (Å²) in [6.07, 6.45) is 52.7. The second-order valence-electron chi connectivity index (χ2n) is 17.9. The number of rotatable bonds is 47. The molecule has 0 saturated heterocycles. The van der Waals surface area contributed by atoms with Crippen LogP contribution in [0.4, 0.5) is 0 Å². The largest absolute Gasteiger partial charge is 0.394 e. The fourth-order valence-electron chi connectivity index (χ4n) is 8.17. The molecule has 0 aromatic rings. The summed E-state index contributed by atoms with van der Waals surface area (Å²) in [7, 11) is 0. The van der Waals surface area contributed by atoms with Gasteiger partial charge in [0, 0.05) is 0 Å². The Morgan fingerprint density at radius 2 is 0.719 bits per heavy atom. The number of amides is 1. The summed E-state index contributed by atoms with van der Waals surface area (Å²) >= 11 is 0. The molecule has 6 heteroatoms. The van der Waals surface area contributed by atoms with Crippen molar-refractivity contribution in [2.24, 2.45) is 0 Å². The van der Waals surface area contributed by atoms with Crippen molar-refractivity contribution in [3.63, 3.8) is 0 Å². The molecule has 0 fully saturated rings. The van der Waals surface area contributed by atoms with Gasteiger partial charge in [0.15, 0.2) is 0 Å². The van der Waals surface area contributed by atoms with Crippen LogP contribution in [0.3, 0.4) is 0 Å². The van der Waals surface area contributed by atoms with Crippen molar-refractivity contribution in [2.75, 3.05) is 6.61 Å². The Labute approximate surface area is 355 Å². The summed E-state index contributed by atoms with van der Waals surface area (Å²) in [6, 6.07) is -0.997. The van der Waals surface area contributed by atoms with Crippen LogP contribution in [0.15, 0.2) is 12.2 Å². The Morgan fingerprint density at radius 3 is 1.05 bits per heavy atom. The molecule has 0 saturated carbocycles. The highest BCUT2D eigenvalue weighted by Crippen LogP contribution is 2.17. The van der Waals surface area contributed by atoms with Gasteiger partial charge < -0.3 is 25.7 Å². The van der Waals surface area contributed by atoms with Crippen molar-refractivity contribution in [2.45, 2.75) is 301 Å². The van der Waals surface area contributed by atoms with Crippen LogP contribution in [-0.4, -0.2) is 57.3 Å². The zero-order valence-electron chi connectivity index (χ0n) is 38.4. The van der Waals surface area contributed by atoms with Gasteiger partial charge in [-0.3, -0.25) is 4.79 Å². The van der Waals surface area contributed by atoms with E-state index in [0.717, 1.165) is 38.5 Å². The lowest BCUT2D eigenvalue weighted by Crippen LogP contribution is -2.53. The minimum absolute atomic E-state index is 0.369. The van der Waals surface area contributed by atoms with Crippen LogP contribution in [0.2, 0.25) is 0 Å². The van der Waals surface area contributed by atoms with E-state index in [2.05, 4.69) is 31.3 Å². The molecule has 0 aromatic carbocycles. The Balaban J connectivity index is 3.64. The molecule has 1 amide bonds. The second-order valence-corrected chi connectivity index (χ2v) is 17.9. The predicted octanol–water partition coefficient (Wildman–Crippen LogP) is 14.1. The molecule has 0 rings (SSSR count). The Bertz CT molecular complexity index is 821. The molecule has 0 bridgehead atoms. The van der Waals surface area contributed by atoms with E-state index in [9.17, 15) is 25.2 Å². The van der Waals surface area contributed by atoms with E-state index in [4.69, 9.17) is 0 Å². The van der Waals surface area contributed by atoms with E-state index in [1.54, 1.807) is 0 Å². The SMILES string of the molecule is CCCCCCCCCCCCC/C=C/CCCC(O)C(O)C(CO)NC(=O)C(O)CCCCCCCCCCCCCCCCCCCCCCCCCCC. The van der Waals surface area contributed by atoms with Gasteiger partial charge in [0.2, 0.25) is 5.91 Å². The number of aliphatic hydroxyl groups is 4. The number of hydrogen-bond acceptors (Lipinski definition) is 5. The monoisotopic (exact) mass is 808 g/mol. The molecule has 5 N–H and O–H groups in total. The van der Waals surface area contributed by atoms with Crippen molar-refractivity contribution < 1.29 is 25.2 Å². The molecule has 4 unspecified atom stereocenters. The highest BCUT2D eigenvalue weighted by atomic mass is 16.3. The van der Waals surface area contributed by atoms with E-state index in [1.807, 2.05) is 0 Å². The molecule has 0 heterocycles. The number of hydrogen-bond donors (Lipinski definition) is 5. The Morgan fingerprint density at radius 1 is 0.421 bits per heavy atom. The number of nitrogens with one attached hydrogen (secondary N) is 1. The highest BCUT2D eigenvalue weighted by molar-refractivity contribution is 5.80. The molecule has 0 aliphatic carbocycles. The summed E-state index contributed by atoms with van der Waals surface area (Å²) < 4.78 is 0. The Hall–Kier alpha value is -0.950. The quantitative estimate of drug-likeness (QED) is 0.0311. The van der Waals surface area contributed by atoms with Gasteiger partial charge in [0.25, 0.3) is 0 Å². The lowest BCUT2D eigenvalue weighted by atomic mass is 10.00. The maximum absolute atomic E-state index is 12.5. The minimum Gasteiger partial charge on any atom is -0.394 e.